The van der Waals surface area contributed by atoms with Crippen molar-refractivity contribution in [1.29, 1.82) is 0 Å². The highest BCUT2D eigenvalue weighted by Crippen LogP contribution is 2.39. The van der Waals surface area contributed by atoms with Crippen molar-refractivity contribution < 1.29 is 0 Å². The summed E-state index contributed by atoms with van der Waals surface area (Å²) in [6, 6.07) is 2.06. The summed E-state index contributed by atoms with van der Waals surface area (Å²) in [5, 5.41) is 3.33. The number of nitrogens with one attached hydrogen (secondary N) is 1. The molecule has 0 atom stereocenters. The predicted octanol–water partition coefficient (Wildman–Crippen LogP) is 2.00. The van der Waals surface area contributed by atoms with Crippen molar-refractivity contribution in [3.05, 3.63) is 30.1 Å². The third kappa shape index (κ3) is 2.46. The van der Waals surface area contributed by atoms with Crippen LogP contribution in [0, 0.1) is 0 Å². The molecule has 6 nitrogen and oxygen atoms in total. The highest BCUT2D eigenvalue weighted by atomic mass is 15.3. The second-order valence-corrected chi connectivity index (χ2v) is 5.73. The minimum Gasteiger partial charge on any atom is -0.370 e. The number of hydrogen-bond donors (Lipinski definition) is 1. The van der Waals surface area contributed by atoms with Gasteiger partial charge in [-0.15, -0.1) is 0 Å². The summed E-state index contributed by atoms with van der Waals surface area (Å²) in [7, 11) is 0. The molecule has 1 saturated carbocycles. The summed E-state index contributed by atoms with van der Waals surface area (Å²) in [6.45, 7) is 5.73. The topological polar surface area (TPSA) is 58.9 Å². The molecule has 1 N–H and O–H groups in total. The van der Waals surface area contributed by atoms with Gasteiger partial charge in [0.25, 0.3) is 0 Å². The van der Waals surface area contributed by atoms with Gasteiger partial charge in [-0.25, -0.2) is 15.0 Å². The number of imidazole rings is 1. The third-order valence-corrected chi connectivity index (χ3v) is 4.10. The minimum atomic E-state index is 0.564. The average Bonchev–Trinajstić information content (AvgIpc) is 3.25. The van der Waals surface area contributed by atoms with Crippen LogP contribution in [-0.4, -0.2) is 32.6 Å². The van der Waals surface area contributed by atoms with E-state index < -0.39 is 0 Å². The fraction of sp³-hybridized carbons (Fsp3) is 0.533. The summed E-state index contributed by atoms with van der Waals surface area (Å²) in [6.07, 6.45) is 6.36. The van der Waals surface area contributed by atoms with Crippen molar-refractivity contribution in [2.75, 3.05) is 23.3 Å². The number of rotatable bonds is 4. The number of fused-ring (bicyclic) bond motifs is 1. The Bertz CT molecular complexity index is 645. The van der Waals surface area contributed by atoms with Crippen LogP contribution in [0.4, 0.5) is 11.6 Å². The molecule has 0 spiro atoms. The molecule has 0 aromatic carbocycles. The Morgan fingerprint density at radius 2 is 2.19 bits per heavy atom. The third-order valence-electron chi connectivity index (χ3n) is 4.10. The molecule has 2 aromatic rings. The molecule has 0 bridgehead atoms. The summed E-state index contributed by atoms with van der Waals surface area (Å²) in [5.74, 6) is 4.64. The van der Waals surface area contributed by atoms with E-state index in [4.69, 9.17) is 4.98 Å². The molecule has 0 saturated heterocycles. The van der Waals surface area contributed by atoms with E-state index in [1.165, 1.54) is 12.8 Å². The van der Waals surface area contributed by atoms with E-state index in [1.54, 1.807) is 0 Å². The second-order valence-electron chi connectivity index (χ2n) is 5.73. The molecule has 0 radical (unpaired) electrons. The van der Waals surface area contributed by atoms with Crippen LogP contribution in [-0.2, 0) is 13.1 Å². The minimum absolute atomic E-state index is 0.564. The second kappa shape index (κ2) is 5.02. The zero-order valence-electron chi connectivity index (χ0n) is 12.3. The summed E-state index contributed by atoms with van der Waals surface area (Å²) in [5.41, 5.74) is 0. The standard InChI is InChI=1S/C15H20N6/c1-2-16-12-9-13(19-15(18-12)11-3-4-11)21-8-7-20-6-5-17-14(20)10-21/h5-6,9,11H,2-4,7-8,10H2,1H3,(H,16,18,19). The molecular formula is C15H20N6. The predicted molar refractivity (Wildman–Crippen MR) is 81.4 cm³/mol. The van der Waals surface area contributed by atoms with Crippen molar-refractivity contribution in [3.63, 3.8) is 0 Å². The molecular weight excluding hydrogens is 264 g/mol. The molecule has 4 rings (SSSR count). The summed E-state index contributed by atoms with van der Waals surface area (Å²) in [4.78, 5) is 16.2. The van der Waals surface area contributed by atoms with E-state index in [1.807, 2.05) is 12.4 Å². The van der Waals surface area contributed by atoms with Crippen molar-refractivity contribution in [3.8, 4) is 0 Å². The number of nitrogens with zero attached hydrogens (tertiary/aromatic N) is 5. The maximum atomic E-state index is 4.80. The monoisotopic (exact) mass is 284 g/mol. The van der Waals surface area contributed by atoms with Gasteiger partial charge >= 0.3 is 0 Å². The maximum absolute atomic E-state index is 4.80. The molecule has 1 aliphatic carbocycles. The van der Waals surface area contributed by atoms with Crippen LogP contribution in [0.1, 0.15) is 37.3 Å². The zero-order valence-corrected chi connectivity index (χ0v) is 12.3. The smallest absolute Gasteiger partial charge is 0.136 e. The first-order valence-corrected chi connectivity index (χ1v) is 7.71. The van der Waals surface area contributed by atoms with E-state index in [0.29, 0.717) is 5.92 Å². The van der Waals surface area contributed by atoms with Gasteiger partial charge in [0.05, 0.1) is 6.54 Å². The highest BCUT2D eigenvalue weighted by molar-refractivity contribution is 5.50. The van der Waals surface area contributed by atoms with Crippen molar-refractivity contribution in [2.24, 2.45) is 0 Å². The Hall–Kier alpha value is -2.11. The molecule has 0 unspecified atom stereocenters. The van der Waals surface area contributed by atoms with Crippen LogP contribution in [0.2, 0.25) is 0 Å². The van der Waals surface area contributed by atoms with Gasteiger partial charge in [-0.05, 0) is 19.8 Å². The summed E-state index contributed by atoms with van der Waals surface area (Å²) >= 11 is 0. The highest BCUT2D eigenvalue weighted by Gasteiger charge is 2.28. The van der Waals surface area contributed by atoms with Gasteiger partial charge in [0.15, 0.2) is 0 Å². The quantitative estimate of drug-likeness (QED) is 0.930. The van der Waals surface area contributed by atoms with Crippen LogP contribution < -0.4 is 10.2 Å². The molecule has 110 valence electrons. The molecule has 1 fully saturated rings. The van der Waals surface area contributed by atoms with Crippen molar-refractivity contribution in [2.45, 2.75) is 38.8 Å². The lowest BCUT2D eigenvalue weighted by molar-refractivity contribution is 0.555. The Morgan fingerprint density at radius 3 is 3.00 bits per heavy atom. The molecule has 0 amide bonds. The lowest BCUT2D eigenvalue weighted by Crippen LogP contribution is -2.34. The lowest BCUT2D eigenvalue weighted by Gasteiger charge is -2.29. The fourth-order valence-electron chi connectivity index (χ4n) is 2.78. The van der Waals surface area contributed by atoms with Gasteiger partial charge in [-0.2, -0.15) is 0 Å². The zero-order chi connectivity index (χ0) is 14.2. The Balaban J connectivity index is 1.64. The van der Waals surface area contributed by atoms with Gasteiger partial charge < -0.3 is 14.8 Å². The molecule has 6 heteroatoms. The van der Waals surface area contributed by atoms with E-state index in [0.717, 1.165) is 49.5 Å². The van der Waals surface area contributed by atoms with Gasteiger partial charge in [-0.3, -0.25) is 0 Å². The van der Waals surface area contributed by atoms with Crippen LogP contribution in [0.25, 0.3) is 0 Å². The van der Waals surface area contributed by atoms with E-state index in [2.05, 4.69) is 37.7 Å². The average molecular weight is 284 g/mol. The lowest BCUT2D eigenvalue weighted by atomic mass is 10.3. The van der Waals surface area contributed by atoms with Crippen LogP contribution in [0.5, 0.6) is 0 Å². The molecule has 2 aromatic heterocycles. The van der Waals surface area contributed by atoms with Gasteiger partial charge in [0.2, 0.25) is 0 Å². The Kier molecular flexibility index (Phi) is 3.02. The largest absolute Gasteiger partial charge is 0.370 e. The van der Waals surface area contributed by atoms with Crippen molar-refractivity contribution in [1.82, 2.24) is 19.5 Å². The van der Waals surface area contributed by atoms with Gasteiger partial charge in [0.1, 0.15) is 23.3 Å². The number of aromatic nitrogens is 4. The molecule has 1 aliphatic heterocycles. The Labute approximate surface area is 124 Å². The first-order valence-electron chi connectivity index (χ1n) is 7.71. The SMILES string of the molecule is CCNc1cc(N2CCn3ccnc3C2)nc(C2CC2)n1. The maximum Gasteiger partial charge on any atom is 0.136 e. The first kappa shape index (κ1) is 12.6. The van der Waals surface area contributed by atoms with E-state index >= 15 is 0 Å². The van der Waals surface area contributed by atoms with Gasteiger partial charge in [-0.1, -0.05) is 0 Å². The molecule has 3 heterocycles. The van der Waals surface area contributed by atoms with Crippen LogP contribution in [0.15, 0.2) is 18.5 Å². The molecule has 21 heavy (non-hydrogen) atoms. The van der Waals surface area contributed by atoms with Crippen LogP contribution in [0.3, 0.4) is 0 Å². The summed E-state index contributed by atoms with van der Waals surface area (Å²) < 4.78 is 2.21. The van der Waals surface area contributed by atoms with Crippen molar-refractivity contribution >= 4 is 11.6 Å². The van der Waals surface area contributed by atoms with E-state index in [9.17, 15) is 0 Å². The Morgan fingerprint density at radius 1 is 1.29 bits per heavy atom. The van der Waals surface area contributed by atoms with Gasteiger partial charge in [0, 0.05) is 44.0 Å². The molecule has 2 aliphatic rings. The fourth-order valence-corrected chi connectivity index (χ4v) is 2.78. The van der Waals surface area contributed by atoms with E-state index in [-0.39, 0.29) is 0 Å². The first-order chi connectivity index (χ1) is 10.3. The normalized spacial score (nSPS) is 17.7. The number of hydrogen-bond acceptors (Lipinski definition) is 5. The number of anilines is 2. The van der Waals surface area contributed by atoms with Crippen LogP contribution >= 0.6 is 0 Å².